The standard InChI is InChI=1S/C6H4N2O3S.ClH/c7-8-5-3-1-2-4-6(5)12(9,10)11;/h1-4H;1H. The molecule has 0 aliphatic rings. The molecule has 0 aliphatic carbocycles. The topological polar surface area (TPSA) is 82.5 Å². The Bertz CT molecular complexity index is 437. The molecular formula is C6H5ClN2O3S. The van der Waals surface area contributed by atoms with Gasteiger partial charge in [-0.25, -0.2) is 0 Å². The summed E-state index contributed by atoms with van der Waals surface area (Å²) in [5.74, 6) is 0. The van der Waals surface area contributed by atoms with Crippen molar-refractivity contribution in [2.45, 2.75) is 4.90 Å². The van der Waals surface area contributed by atoms with E-state index < -0.39 is 15.0 Å². The molecule has 5 nitrogen and oxygen atoms in total. The fourth-order valence-corrected chi connectivity index (χ4v) is 1.38. The monoisotopic (exact) mass is 220 g/mol. The number of hydrogen-bond donors (Lipinski definition) is 1. The van der Waals surface area contributed by atoms with Crippen LogP contribution in [-0.4, -0.2) is 13.0 Å². The van der Waals surface area contributed by atoms with Crippen LogP contribution >= 0.6 is 0 Å². The highest BCUT2D eigenvalue weighted by molar-refractivity contribution is 7.86. The lowest BCUT2D eigenvalue weighted by atomic mass is 10.3. The van der Waals surface area contributed by atoms with Gasteiger partial charge in [0.15, 0.2) is 9.87 Å². The van der Waals surface area contributed by atoms with Gasteiger partial charge < -0.3 is 12.4 Å². The van der Waals surface area contributed by atoms with Gasteiger partial charge in [0, 0.05) is 6.07 Å². The molecule has 1 aromatic carbocycles. The number of rotatable bonds is 1. The molecule has 13 heavy (non-hydrogen) atoms. The van der Waals surface area contributed by atoms with Crippen LogP contribution in [-0.2, 0) is 10.1 Å². The van der Waals surface area contributed by atoms with Crippen LogP contribution in [0.15, 0.2) is 29.2 Å². The van der Waals surface area contributed by atoms with Gasteiger partial charge in [0.25, 0.3) is 0 Å². The van der Waals surface area contributed by atoms with Crippen LogP contribution in [0.1, 0.15) is 0 Å². The smallest absolute Gasteiger partial charge is 0.405 e. The number of benzene rings is 1. The summed E-state index contributed by atoms with van der Waals surface area (Å²) in [6.45, 7) is 0. The van der Waals surface area contributed by atoms with E-state index in [0.29, 0.717) is 0 Å². The molecule has 0 atom stereocenters. The van der Waals surface area contributed by atoms with E-state index in [4.69, 9.17) is 9.95 Å². The van der Waals surface area contributed by atoms with Gasteiger partial charge in [-0.2, -0.15) is 8.42 Å². The zero-order chi connectivity index (χ0) is 9.19. The normalized spacial score (nSPS) is 9.85. The van der Waals surface area contributed by atoms with E-state index in [1.54, 1.807) is 0 Å². The van der Waals surface area contributed by atoms with Crippen molar-refractivity contribution in [2.24, 2.45) is 0 Å². The molecule has 0 saturated heterocycles. The summed E-state index contributed by atoms with van der Waals surface area (Å²) in [7, 11) is -4.30. The van der Waals surface area contributed by atoms with Gasteiger partial charge in [-0.05, 0) is 6.07 Å². The molecule has 1 aromatic rings. The Kier molecular flexibility index (Phi) is 3.81. The molecule has 0 fully saturated rings. The maximum Gasteiger partial charge on any atom is 0.405 e. The van der Waals surface area contributed by atoms with Crippen LogP contribution in [0.5, 0.6) is 0 Å². The minimum atomic E-state index is -4.30. The Balaban J connectivity index is 0.00000144. The highest BCUT2D eigenvalue weighted by atomic mass is 35.5. The predicted molar refractivity (Wildman–Crippen MR) is 41.0 cm³/mol. The Hall–Kier alpha value is -1.16. The summed E-state index contributed by atoms with van der Waals surface area (Å²) < 4.78 is 29.8. The first-order valence-electron chi connectivity index (χ1n) is 2.97. The van der Waals surface area contributed by atoms with Crippen molar-refractivity contribution < 1.29 is 25.4 Å². The van der Waals surface area contributed by atoms with Crippen LogP contribution < -0.4 is 12.4 Å². The molecule has 0 amide bonds. The van der Waals surface area contributed by atoms with E-state index in [0.717, 1.165) is 6.07 Å². The van der Waals surface area contributed by atoms with E-state index >= 15 is 0 Å². The van der Waals surface area contributed by atoms with Crippen LogP contribution in [0.4, 0.5) is 5.69 Å². The van der Waals surface area contributed by atoms with Gasteiger partial charge in [-0.1, -0.05) is 12.1 Å². The van der Waals surface area contributed by atoms with Crippen molar-refractivity contribution in [3.05, 3.63) is 29.2 Å². The van der Waals surface area contributed by atoms with Gasteiger partial charge in [0.2, 0.25) is 5.39 Å². The van der Waals surface area contributed by atoms with E-state index in [-0.39, 0.29) is 18.1 Å². The Morgan fingerprint density at radius 3 is 2.23 bits per heavy atom. The van der Waals surface area contributed by atoms with Gasteiger partial charge in [-0.15, -0.1) is 0 Å². The molecule has 0 saturated carbocycles. The number of hydrogen-bond acceptors (Lipinski definition) is 3. The van der Waals surface area contributed by atoms with Gasteiger partial charge >= 0.3 is 15.8 Å². The molecule has 0 bridgehead atoms. The van der Waals surface area contributed by atoms with Crippen molar-refractivity contribution in [3.8, 4) is 0 Å². The van der Waals surface area contributed by atoms with Crippen molar-refractivity contribution in [1.29, 1.82) is 5.39 Å². The second-order valence-electron chi connectivity index (χ2n) is 2.04. The van der Waals surface area contributed by atoms with Gasteiger partial charge in [-0.3, -0.25) is 4.55 Å². The van der Waals surface area contributed by atoms with Crippen molar-refractivity contribution in [1.82, 2.24) is 0 Å². The van der Waals surface area contributed by atoms with E-state index in [2.05, 4.69) is 4.98 Å². The minimum absolute atomic E-state index is 0. The first-order chi connectivity index (χ1) is 5.55. The quantitative estimate of drug-likeness (QED) is 0.458. The second kappa shape index (κ2) is 4.18. The van der Waals surface area contributed by atoms with Crippen molar-refractivity contribution in [3.63, 3.8) is 0 Å². The molecule has 0 radical (unpaired) electrons. The maximum atomic E-state index is 10.6. The van der Waals surface area contributed by atoms with Crippen LogP contribution in [0.3, 0.4) is 0 Å². The summed E-state index contributed by atoms with van der Waals surface area (Å²) in [6.07, 6.45) is 0. The first-order valence-corrected chi connectivity index (χ1v) is 4.41. The summed E-state index contributed by atoms with van der Waals surface area (Å²) in [5, 5.41) is 8.33. The lowest BCUT2D eigenvalue weighted by molar-refractivity contribution is -0.00000686. The fraction of sp³-hybridized carbons (Fsp3) is 0. The Morgan fingerprint density at radius 2 is 1.85 bits per heavy atom. The molecule has 0 unspecified atom stereocenters. The number of diazo groups is 1. The number of nitrogens with zero attached hydrogens (tertiary/aromatic N) is 2. The third kappa shape index (κ3) is 2.66. The molecule has 0 heterocycles. The van der Waals surface area contributed by atoms with Crippen LogP contribution in [0, 0.1) is 5.39 Å². The van der Waals surface area contributed by atoms with Crippen LogP contribution in [0.2, 0.25) is 0 Å². The average Bonchev–Trinajstić information content (AvgIpc) is 2.03. The van der Waals surface area contributed by atoms with Gasteiger partial charge in [0.1, 0.15) is 0 Å². The molecule has 1 N–H and O–H groups in total. The Morgan fingerprint density at radius 1 is 1.31 bits per heavy atom. The van der Waals surface area contributed by atoms with Crippen LogP contribution in [0.25, 0.3) is 4.98 Å². The Labute approximate surface area is 81.2 Å². The number of halogens is 1. The van der Waals surface area contributed by atoms with E-state index in [1.165, 1.54) is 18.2 Å². The summed E-state index contributed by atoms with van der Waals surface area (Å²) in [6, 6.07) is 5.31. The fourth-order valence-electron chi connectivity index (χ4n) is 0.758. The van der Waals surface area contributed by atoms with Gasteiger partial charge in [0.05, 0.1) is 0 Å². The molecular weight excluding hydrogens is 216 g/mol. The lowest BCUT2D eigenvalue weighted by Crippen LogP contribution is -3.00. The zero-order valence-electron chi connectivity index (χ0n) is 6.25. The second-order valence-corrected chi connectivity index (χ2v) is 3.43. The molecule has 0 aromatic heterocycles. The van der Waals surface area contributed by atoms with E-state index in [1.807, 2.05) is 0 Å². The largest absolute Gasteiger partial charge is 1.00 e. The zero-order valence-corrected chi connectivity index (χ0v) is 7.83. The van der Waals surface area contributed by atoms with E-state index in [9.17, 15) is 8.42 Å². The third-order valence-electron chi connectivity index (χ3n) is 1.25. The molecule has 1 rings (SSSR count). The maximum absolute atomic E-state index is 10.6. The molecule has 70 valence electrons. The summed E-state index contributed by atoms with van der Waals surface area (Å²) in [4.78, 5) is 2.29. The molecule has 0 spiro atoms. The van der Waals surface area contributed by atoms with Crippen molar-refractivity contribution in [2.75, 3.05) is 0 Å². The summed E-state index contributed by atoms with van der Waals surface area (Å²) in [5.41, 5.74) is -0.181. The molecule has 7 heteroatoms. The third-order valence-corrected chi connectivity index (χ3v) is 2.15. The highest BCUT2D eigenvalue weighted by Crippen LogP contribution is 2.22. The lowest BCUT2D eigenvalue weighted by Gasteiger charge is -1.89. The first kappa shape index (κ1) is 11.8. The predicted octanol–water partition coefficient (Wildman–Crippen LogP) is -1.58. The SMILES string of the molecule is N#[N+]c1ccccc1S(=O)(=O)O.[Cl-]. The highest BCUT2D eigenvalue weighted by Gasteiger charge is 2.22. The minimum Gasteiger partial charge on any atom is -1.00 e. The van der Waals surface area contributed by atoms with Crippen molar-refractivity contribution >= 4 is 15.8 Å². The molecule has 0 aliphatic heterocycles. The summed E-state index contributed by atoms with van der Waals surface area (Å²) >= 11 is 0. The average molecular weight is 221 g/mol.